The number of aryl methyl sites for hydroxylation is 1. The molecule has 30 heavy (non-hydrogen) atoms. The Balaban J connectivity index is 1.60. The van der Waals surface area contributed by atoms with Gasteiger partial charge in [-0.05, 0) is 66.6 Å². The molecule has 0 saturated heterocycles. The molecule has 1 aliphatic rings. The zero-order valence-corrected chi connectivity index (χ0v) is 18.7. The molecule has 0 fully saturated rings. The predicted octanol–water partition coefficient (Wildman–Crippen LogP) is 6.63. The summed E-state index contributed by atoms with van der Waals surface area (Å²) in [4.78, 5) is 4.35. The molecule has 3 nitrogen and oxygen atoms in total. The Bertz CT molecular complexity index is 1010. The highest BCUT2D eigenvalue weighted by Gasteiger charge is 2.21. The maximum absolute atomic E-state index is 6.25. The third-order valence-corrected chi connectivity index (χ3v) is 6.28. The number of hydrogen-bond donors (Lipinski definition) is 1. The van der Waals surface area contributed by atoms with Gasteiger partial charge in [-0.25, -0.2) is 4.98 Å². The Labute approximate surface area is 188 Å². The molecule has 2 atom stereocenters. The fourth-order valence-corrected chi connectivity index (χ4v) is 4.53. The summed E-state index contributed by atoms with van der Waals surface area (Å²) >= 11 is 12.3. The number of nitrogens with one attached hydrogen (secondary N) is 1. The number of imidazole rings is 1. The maximum atomic E-state index is 6.25. The van der Waals surface area contributed by atoms with Crippen LogP contribution in [0.25, 0.3) is 5.57 Å². The van der Waals surface area contributed by atoms with Crippen LogP contribution in [0.15, 0.2) is 67.1 Å². The molecule has 3 aromatic rings. The average Bonchev–Trinajstić information content (AvgIpc) is 3.02. The van der Waals surface area contributed by atoms with Gasteiger partial charge < -0.3 is 9.88 Å². The van der Waals surface area contributed by atoms with Crippen LogP contribution >= 0.6 is 23.2 Å². The van der Waals surface area contributed by atoms with Crippen molar-refractivity contribution in [3.05, 3.63) is 94.0 Å². The summed E-state index contributed by atoms with van der Waals surface area (Å²) < 4.78 is 2.10. The van der Waals surface area contributed by atoms with E-state index in [9.17, 15) is 0 Å². The van der Waals surface area contributed by atoms with Crippen LogP contribution in [0.5, 0.6) is 0 Å². The summed E-state index contributed by atoms with van der Waals surface area (Å²) in [6.45, 7) is 0. The summed E-state index contributed by atoms with van der Waals surface area (Å²) in [6, 6.07) is 16.8. The topological polar surface area (TPSA) is 29.9 Å². The van der Waals surface area contributed by atoms with Crippen molar-refractivity contribution in [2.45, 2.75) is 44.2 Å². The highest BCUT2D eigenvalue weighted by Crippen LogP contribution is 2.29. The van der Waals surface area contributed by atoms with Gasteiger partial charge in [-0.15, -0.1) is 0 Å². The number of nitrogens with zero attached hydrogens (tertiary/aromatic N) is 2. The summed E-state index contributed by atoms with van der Waals surface area (Å²) in [5.41, 5.74) is 5.05. The molecule has 0 bridgehead atoms. The van der Waals surface area contributed by atoms with Gasteiger partial charge in [0.05, 0.1) is 18.1 Å². The van der Waals surface area contributed by atoms with Crippen molar-refractivity contribution in [3.63, 3.8) is 0 Å². The van der Waals surface area contributed by atoms with E-state index >= 15 is 0 Å². The van der Waals surface area contributed by atoms with E-state index in [1.54, 1.807) is 0 Å². The summed E-state index contributed by atoms with van der Waals surface area (Å²) in [5.74, 6) is 0. The van der Waals surface area contributed by atoms with Crippen LogP contribution in [-0.4, -0.2) is 15.6 Å². The quantitative estimate of drug-likeness (QED) is 0.467. The Morgan fingerprint density at radius 2 is 1.93 bits per heavy atom. The van der Waals surface area contributed by atoms with Gasteiger partial charge in [-0.3, -0.25) is 0 Å². The zero-order chi connectivity index (χ0) is 20.9. The Kier molecular flexibility index (Phi) is 6.93. The van der Waals surface area contributed by atoms with Crippen molar-refractivity contribution in [3.8, 4) is 0 Å². The lowest BCUT2D eigenvalue weighted by Gasteiger charge is -2.25. The average molecular weight is 440 g/mol. The minimum atomic E-state index is 0.165. The molecular formula is C25H27Cl2N3. The Morgan fingerprint density at radius 1 is 1.10 bits per heavy atom. The van der Waals surface area contributed by atoms with Gasteiger partial charge in [-0.1, -0.05) is 60.0 Å². The molecule has 1 N–H and O–H groups in total. The fraction of sp³-hybridized carbons (Fsp3) is 0.320. The molecule has 156 valence electrons. The van der Waals surface area contributed by atoms with Crippen molar-refractivity contribution >= 4 is 28.8 Å². The van der Waals surface area contributed by atoms with Crippen molar-refractivity contribution < 1.29 is 0 Å². The van der Waals surface area contributed by atoms with E-state index in [1.165, 1.54) is 35.2 Å². The van der Waals surface area contributed by atoms with Crippen molar-refractivity contribution in [2.75, 3.05) is 0 Å². The van der Waals surface area contributed by atoms with E-state index in [2.05, 4.69) is 52.3 Å². The van der Waals surface area contributed by atoms with Crippen LogP contribution in [0.4, 0.5) is 0 Å². The highest BCUT2D eigenvalue weighted by atomic mass is 35.5. The van der Waals surface area contributed by atoms with E-state index < -0.39 is 0 Å². The van der Waals surface area contributed by atoms with Crippen LogP contribution < -0.4 is 5.32 Å². The van der Waals surface area contributed by atoms with E-state index in [1.807, 2.05) is 36.8 Å². The molecule has 5 heteroatoms. The molecule has 1 aliphatic carbocycles. The van der Waals surface area contributed by atoms with Crippen molar-refractivity contribution in [1.29, 1.82) is 0 Å². The first-order valence-electron chi connectivity index (χ1n) is 10.5. The first kappa shape index (κ1) is 21.2. The smallest absolute Gasteiger partial charge is 0.0946 e. The van der Waals surface area contributed by atoms with Crippen LogP contribution in [0.2, 0.25) is 10.0 Å². The third-order valence-electron chi connectivity index (χ3n) is 5.79. The minimum Gasteiger partial charge on any atom is -0.336 e. The summed E-state index contributed by atoms with van der Waals surface area (Å²) in [5, 5.41) is 5.47. The molecule has 1 aromatic heterocycles. The second-order valence-electron chi connectivity index (χ2n) is 8.03. The number of benzene rings is 2. The molecule has 1 heterocycles. The molecule has 4 rings (SSSR count). The number of rotatable bonds is 6. The number of allylic oxidation sites excluding steroid dienone is 1. The molecule has 2 aromatic carbocycles. The molecule has 0 amide bonds. The molecule has 2 unspecified atom stereocenters. The predicted molar refractivity (Wildman–Crippen MR) is 126 cm³/mol. The fourth-order valence-electron chi connectivity index (χ4n) is 4.22. The molecule has 0 saturated carbocycles. The maximum Gasteiger partial charge on any atom is 0.0946 e. The van der Waals surface area contributed by atoms with Crippen molar-refractivity contribution in [1.82, 2.24) is 14.9 Å². The summed E-state index contributed by atoms with van der Waals surface area (Å²) in [6.07, 6.45) is 11.7. The van der Waals surface area contributed by atoms with Gasteiger partial charge in [0.2, 0.25) is 0 Å². The minimum absolute atomic E-state index is 0.165. The largest absolute Gasteiger partial charge is 0.336 e. The lowest BCUT2D eigenvalue weighted by atomic mass is 9.99. The number of aromatic nitrogens is 2. The standard InChI is InChI=1S/C25H27Cl2N3/c1-30-17-28-16-25(30)24(13-18-9-11-21(26)12-10-18)29-23-8-3-2-5-20(15-23)19-6-4-7-22(27)14-19/h4,6-7,9-12,14-17,23-24,29H,2-3,5,8,13H2,1H3. The zero-order valence-electron chi connectivity index (χ0n) is 17.2. The van der Waals surface area contributed by atoms with E-state index in [-0.39, 0.29) is 6.04 Å². The van der Waals surface area contributed by atoms with Crippen LogP contribution in [0.1, 0.15) is 48.5 Å². The first-order valence-corrected chi connectivity index (χ1v) is 11.3. The van der Waals surface area contributed by atoms with Gasteiger partial charge in [0.1, 0.15) is 0 Å². The van der Waals surface area contributed by atoms with E-state index in [4.69, 9.17) is 23.2 Å². The first-order chi connectivity index (χ1) is 14.6. The van der Waals surface area contributed by atoms with Crippen LogP contribution in [0.3, 0.4) is 0 Å². The third kappa shape index (κ3) is 5.34. The molecule has 0 aliphatic heterocycles. The second kappa shape index (κ2) is 9.82. The van der Waals surface area contributed by atoms with Gasteiger partial charge in [0.15, 0.2) is 0 Å². The van der Waals surface area contributed by atoms with Gasteiger partial charge in [-0.2, -0.15) is 0 Å². The lowest BCUT2D eigenvalue weighted by molar-refractivity contribution is 0.440. The highest BCUT2D eigenvalue weighted by molar-refractivity contribution is 6.30. The molecular weight excluding hydrogens is 413 g/mol. The van der Waals surface area contributed by atoms with Crippen LogP contribution in [-0.2, 0) is 13.5 Å². The van der Waals surface area contributed by atoms with Gasteiger partial charge in [0.25, 0.3) is 0 Å². The number of hydrogen-bond acceptors (Lipinski definition) is 2. The molecule has 0 spiro atoms. The van der Waals surface area contributed by atoms with Gasteiger partial charge >= 0.3 is 0 Å². The second-order valence-corrected chi connectivity index (χ2v) is 8.91. The lowest BCUT2D eigenvalue weighted by Crippen LogP contribution is -2.33. The Morgan fingerprint density at radius 3 is 2.67 bits per heavy atom. The Hall–Kier alpha value is -2.07. The molecule has 0 radical (unpaired) electrons. The van der Waals surface area contributed by atoms with Crippen molar-refractivity contribution in [2.24, 2.45) is 7.05 Å². The van der Waals surface area contributed by atoms with E-state index in [0.29, 0.717) is 6.04 Å². The SMILES string of the molecule is Cn1cncc1C(Cc1ccc(Cl)cc1)NC1C=C(c2cccc(Cl)c2)CCCC1. The monoisotopic (exact) mass is 439 g/mol. The van der Waals surface area contributed by atoms with Crippen LogP contribution in [0, 0.1) is 0 Å². The normalized spacial score (nSPS) is 18.0. The number of halogens is 2. The van der Waals surface area contributed by atoms with E-state index in [0.717, 1.165) is 29.3 Å². The van der Waals surface area contributed by atoms with Gasteiger partial charge in [0, 0.05) is 29.3 Å². The summed E-state index contributed by atoms with van der Waals surface area (Å²) in [7, 11) is 2.05.